The molecule has 3 unspecified atom stereocenters. The minimum absolute atomic E-state index is 0.0417. The number of aromatic nitrogens is 1. The third kappa shape index (κ3) is 3.76. The summed E-state index contributed by atoms with van der Waals surface area (Å²) >= 11 is 0. The first-order valence-corrected chi connectivity index (χ1v) is 11.1. The van der Waals surface area contributed by atoms with Crippen molar-refractivity contribution in [2.45, 2.75) is 53.0 Å². The van der Waals surface area contributed by atoms with Crippen LogP contribution in [0.1, 0.15) is 51.7 Å². The summed E-state index contributed by atoms with van der Waals surface area (Å²) in [5, 5.41) is 0. The molecular formula is C26H32N2O2. The number of pyridine rings is 1. The van der Waals surface area contributed by atoms with Crippen molar-refractivity contribution in [3.05, 3.63) is 70.1 Å². The van der Waals surface area contributed by atoms with Crippen molar-refractivity contribution in [3.8, 4) is 0 Å². The third-order valence-corrected chi connectivity index (χ3v) is 7.31. The van der Waals surface area contributed by atoms with E-state index in [2.05, 4.69) is 39.8 Å². The molecule has 3 atom stereocenters. The van der Waals surface area contributed by atoms with Gasteiger partial charge in [-0.25, -0.2) is 0 Å². The van der Waals surface area contributed by atoms with Crippen molar-refractivity contribution in [1.82, 2.24) is 9.47 Å². The van der Waals surface area contributed by atoms with Crippen molar-refractivity contribution >= 4 is 17.7 Å². The molecule has 1 amide bonds. The SMILES string of the molecule is CCc1ccc(C=C(C(=O)N2CC3CC2C(C)C(C)(C)C3)n2ccccc2=O)cc1. The maximum Gasteiger partial charge on any atom is 0.271 e. The Morgan fingerprint density at radius 3 is 2.57 bits per heavy atom. The molecule has 0 spiro atoms. The highest BCUT2D eigenvalue weighted by Crippen LogP contribution is 2.49. The zero-order valence-electron chi connectivity index (χ0n) is 18.5. The lowest BCUT2D eigenvalue weighted by atomic mass is 9.65. The molecule has 4 heteroatoms. The molecule has 1 aromatic heterocycles. The van der Waals surface area contributed by atoms with Crippen LogP contribution < -0.4 is 5.56 Å². The molecule has 4 nitrogen and oxygen atoms in total. The Morgan fingerprint density at radius 1 is 1.17 bits per heavy atom. The summed E-state index contributed by atoms with van der Waals surface area (Å²) in [6, 6.07) is 13.5. The Bertz CT molecular complexity index is 1020. The van der Waals surface area contributed by atoms with Crippen molar-refractivity contribution < 1.29 is 4.79 Å². The normalized spacial score (nSPS) is 25.4. The highest BCUT2D eigenvalue weighted by atomic mass is 16.2. The molecule has 1 aliphatic carbocycles. The summed E-state index contributed by atoms with van der Waals surface area (Å²) in [6.45, 7) is 9.81. The molecule has 4 rings (SSSR count). The fraction of sp³-hybridized carbons (Fsp3) is 0.462. The maximum absolute atomic E-state index is 13.8. The highest BCUT2D eigenvalue weighted by molar-refractivity contribution is 6.18. The van der Waals surface area contributed by atoms with E-state index in [1.807, 2.05) is 23.1 Å². The molecular weight excluding hydrogens is 372 g/mol. The summed E-state index contributed by atoms with van der Waals surface area (Å²) < 4.78 is 1.49. The van der Waals surface area contributed by atoms with Crippen LogP contribution >= 0.6 is 0 Å². The van der Waals surface area contributed by atoms with Crippen molar-refractivity contribution in [3.63, 3.8) is 0 Å². The van der Waals surface area contributed by atoms with Crippen LogP contribution in [0, 0.1) is 17.3 Å². The van der Waals surface area contributed by atoms with Crippen LogP contribution in [0.4, 0.5) is 0 Å². The monoisotopic (exact) mass is 404 g/mol. The van der Waals surface area contributed by atoms with Crippen molar-refractivity contribution in [1.29, 1.82) is 0 Å². The van der Waals surface area contributed by atoms with Gasteiger partial charge in [0, 0.05) is 24.8 Å². The van der Waals surface area contributed by atoms with E-state index in [1.165, 1.54) is 16.2 Å². The molecule has 30 heavy (non-hydrogen) atoms. The fourth-order valence-electron chi connectivity index (χ4n) is 5.28. The Balaban J connectivity index is 1.75. The molecule has 0 N–H and O–H groups in total. The molecule has 1 aromatic carbocycles. The van der Waals surface area contributed by atoms with E-state index in [9.17, 15) is 9.59 Å². The maximum atomic E-state index is 13.8. The molecule has 2 fully saturated rings. The minimum atomic E-state index is -0.183. The zero-order chi connectivity index (χ0) is 21.5. The van der Waals surface area contributed by atoms with Crippen LogP contribution in [0.2, 0.25) is 0 Å². The summed E-state index contributed by atoms with van der Waals surface area (Å²) in [6.07, 6.45) is 6.75. The number of amides is 1. The van der Waals surface area contributed by atoms with Gasteiger partial charge in [0.15, 0.2) is 0 Å². The van der Waals surface area contributed by atoms with Gasteiger partial charge in [0.25, 0.3) is 11.5 Å². The second-order valence-corrected chi connectivity index (χ2v) is 9.64. The molecule has 2 aliphatic rings. The molecule has 1 saturated heterocycles. The smallest absolute Gasteiger partial charge is 0.271 e. The first-order valence-electron chi connectivity index (χ1n) is 11.1. The van der Waals surface area contributed by atoms with E-state index in [1.54, 1.807) is 18.3 Å². The van der Waals surface area contributed by atoms with Gasteiger partial charge >= 0.3 is 0 Å². The number of fused-ring (bicyclic) bond motifs is 2. The second-order valence-electron chi connectivity index (χ2n) is 9.64. The molecule has 1 saturated carbocycles. The molecule has 158 valence electrons. The Hall–Kier alpha value is -2.62. The number of carbonyl (C=O) groups is 1. The standard InChI is InChI=1S/C26H32N2O2/c1-5-19-9-11-20(12-10-19)14-23(27-13-7-6-8-24(27)29)25(30)28-17-21-15-22(28)18(2)26(3,4)16-21/h6-14,18,21-22H,5,15-17H2,1-4H3. The first kappa shape index (κ1) is 20.6. The number of carbonyl (C=O) groups excluding carboxylic acids is 1. The quantitative estimate of drug-likeness (QED) is 0.694. The van der Waals surface area contributed by atoms with Gasteiger partial charge < -0.3 is 4.90 Å². The van der Waals surface area contributed by atoms with E-state index in [4.69, 9.17) is 0 Å². The predicted octanol–water partition coefficient (Wildman–Crippen LogP) is 4.69. The van der Waals surface area contributed by atoms with E-state index in [0.717, 1.165) is 31.4 Å². The Labute approximate surface area is 179 Å². The molecule has 2 aromatic rings. The van der Waals surface area contributed by atoms with Gasteiger partial charge in [-0.15, -0.1) is 0 Å². The number of rotatable bonds is 4. The number of nitrogens with zero attached hydrogens (tertiary/aromatic N) is 2. The highest BCUT2D eigenvalue weighted by Gasteiger charge is 2.49. The van der Waals surface area contributed by atoms with Gasteiger partial charge in [0.05, 0.1) is 0 Å². The minimum Gasteiger partial charge on any atom is -0.334 e. The number of hydrogen-bond acceptors (Lipinski definition) is 2. The van der Waals surface area contributed by atoms with Crippen LogP contribution in [-0.2, 0) is 11.2 Å². The van der Waals surface area contributed by atoms with Crippen LogP contribution in [0.15, 0.2) is 53.5 Å². The third-order valence-electron chi connectivity index (χ3n) is 7.31. The zero-order valence-corrected chi connectivity index (χ0v) is 18.5. The van der Waals surface area contributed by atoms with Crippen LogP contribution in [-0.4, -0.2) is 28.0 Å². The summed E-state index contributed by atoms with van der Waals surface area (Å²) in [5.41, 5.74) is 2.66. The largest absolute Gasteiger partial charge is 0.334 e. The number of aryl methyl sites for hydroxylation is 1. The van der Waals surface area contributed by atoms with E-state index < -0.39 is 0 Å². The molecule has 2 heterocycles. The van der Waals surface area contributed by atoms with Gasteiger partial charge in [-0.3, -0.25) is 14.2 Å². The number of hydrogen-bond donors (Lipinski definition) is 0. The molecule has 2 bridgehead atoms. The molecule has 1 aliphatic heterocycles. The molecule has 0 radical (unpaired) electrons. The second kappa shape index (κ2) is 7.90. The van der Waals surface area contributed by atoms with Gasteiger partial charge in [-0.05, 0) is 59.8 Å². The summed E-state index contributed by atoms with van der Waals surface area (Å²) in [4.78, 5) is 28.5. The van der Waals surface area contributed by atoms with Gasteiger partial charge in [-0.2, -0.15) is 0 Å². The number of likely N-dealkylation sites (tertiary alicyclic amines) is 1. The van der Waals surface area contributed by atoms with Gasteiger partial charge in [-0.1, -0.05) is 58.0 Å². The first-order chi connectivity index (χ1) is 14.3. The van der Waals surface area contributed by atoms with Crippen LogP contribution in [0.5, 0.6) is 0 Å². The van der Waals surface area contributed by atoms with Crippen LogP contribution in [0.3, 0.4) is 0 Å². The Morgan fingerprint density at radius 2 is 1.90 bits per heavy atom. The lowest BCUT2D eigenvalue weighted by Crippen LogP contribution is -2.45. The number of benzene rings is 1. The van der Waals surface area contributed by atoms with Gasteiger partial charge in [0.2, 0.25) is 0 Å². The van der Waals surface area contributed by atoms with Crippen molar-refractivity contribution in [2.75, 3.05) is 6.54 Å². The summed E-state index contributed by atoms with van der Waals surface area (Å²) in [7, 11) is 0. The lowest BCUT2D eigenvalue weighted by Gasteiger charge is -2.42. The predicted molar refractivity (Wildman–Crippen MR) is 122 cm³/mol. The average molecular weight is 405 g/mol. The lowest BCUT2D eigenvalue weighted by molar-refractivity contribution is -0.127. The van der Waals surface area contributed by atoms with E-state index in [-0.39, 0.29) is 22.9 Å². The average Bonchev–Trinajstić information content (AvgIpc) is 3.10. The van der Waals surface area contributed by atoms with Crippen LogP contribution in [0.25, 0.3) is 11.8 Å². The summed E-state index contributed by atoms with van der Waals surface area (Å²) in [5.74, 6) is 0.931. The van der Waals surface area contributed by atoms with E-state index in [0.29, 0.717) is 17.5 Å². The van der Waals surface area contributed by atoms with Crippen molar-refractivity contribution in [2.24, 2.45) is 17.3 Å². The Kier molecular flexibility index (Phi) is 5.44. The van der Waals surface area contributed by atoms with Gasteiger partial charge in [0.1, 0.15) is 5.70 Å². The topological polar surface area (TPSA) is 42.3 Å². The van der Waals surface area contributed by atoms with E-state index >= 15 is 0 Å². The fourth-order valence-corrected chi connectivity index (χ4v) is 5.28.